The van der Waals surface area contributed by atoms with Gasteiger partial charge in [0.25, 0.3) is 0 Å². The number of guanidine groups is 1. The molecule has 30 heavy (non-hydrogen) atoms. The second-order valence-electron chi connectivity index (χ2n) is 7.83. The summed E-state index contributed by atoms with van der Waals surface area (Å²) in [6, 6.07) is 3.08. The highest BCUT2D eigenvalue weighted by Crippen LogP contribution is 2.38. The third-order valence-corrected chi connectivity index (χ3v) is 5.34. The quantitative estimate of drug-likeness (QED) is 0.314. The summed E-state index contributed by atoms with van der Waals surface area (Å²) in [5.41, 5.74) is 0.522. The average Bonchev–Trinajstić information content (AvgIpc) is 3.15. The van der Waals surface area contributed by atoms with Crippen molar-refractivity contribution in [3.05, 3.63) is 17.7 Å². The molecule has 10 heteroatoms. The van der Waals surface area contributed by atoms with E-state index in [1.165, 1.54) is 25.3 Å². The second kappa shape index (κ2) is 11.2. The molecule has 2 aliphatic heterocycles. The van der Waals surface area contributed by atoms with Crippen LogP contribution >= 0.6 is 24.0 Å². The van der Waals surface area contributed by atoms with Gasteiger partial charge < -0.3 is 24.8 Å². The normalized spacial score (nSPS) is 16.9. The smallest absolute Gasteiger partial charge is 0.387 e. The minimum atomic E-state index is -2.92. The van der Waals surface area contributed by atoms with Crippen molar-refractivity contribution in [2.45, 2.75) is 51.8 Å². The number of hydrogen-bond acceptors (Lipinski definition) is 5. The summed E-state index contributed by atoms with van der Waals surface area (Å²) in [6.07, 6.45) is 3.75. The van der Waals surface area contributed by atoms with Crippen molar-refractivity contribution in [3.63, 3.8) is 0 Å². The molecule has 1 fully saturated rings. The van der Waals surface area contributed by atoms with Gasteiger partial charge in [-0.2, -0.15) is 8.78 Å². The highest BCUT2D eigenvalue weighted by atomic mass is 127. The Labute approximate surface area is 193 Å². The lowest BCUT2D eigenvalue weighted by Gasteiger charge is -2.41. The van der Waals surface area contributed by atoms with Crippen LogP contribution in [0.1, 0.15) is 38.7 Å². The molecule has 0 aromatic heterocycles. The molecule has 0 bridgehead atoms. The SMILES string of the molecule is CN=C(NCc1cc2c(cc1OC(F)F)OCO2)NCC(C)(C)N1CCCCC1.I. The van der Waals surface area contributed by atoms with Crippen LogP contribution in [0.25, 0.3) is 0 Å². The molecule has 1 aromatic rings. The number of piperidine rings is 1. The van der Waals surface area contributed by atoms with Gasteiger partial charge in [0.15, 0.2) is 17.5 Å². The number of halogens is 3. The lowest BCUT2D eigenvalue weighted by molar-refractivity contribution is -0.0505. The Morgan fingerprint density at radius 3 is 2.47 bits per heavy atom. The van der Waals surface area contributed by atoms with E-state index in [1.807, 2.05) is 0 Å². The van der Waals surface area contributed by atoms with Crippen LogP contribution < -0.4 is 24.8 Å². The van der Waals surface area contributed by atoms with Gasteiger partial charge in [-0.1, -0.05) is 6.42 Å². The van der Waals surface area contributed by atoms with Crippen LogP contribution in [0.3, 0.4) is 0 Å². The van der Waals surface area contributed by atoms with Gasteiger partial charge >= 0.3 is 6.61 Å². The second-order valence-corrected chi connectivity index (χ2v) is 7.83. The van der Waals surface area contributed by atoms with Crippen molar-refractivity contribution >= 4 is 29.9 Å². The monoisotopic (exact) mass is 540 g/mol. The number of alkyl halides is 2. The van der Waals surface area contributed by atoms with E-state index in [1.54, 1.807) is 13.1 Å². The molecule has 7 nitrogen and oxygen atoms in total. The number of likely N-dealkylation sites (tertiary alicyclic amines) is 1. The molecule has 0 radical (unpaired) electrons. The highest BCUT2D eigenvalue weighted by Gasteiger charge is 2.28. The fraction of sp³-hybridized carbons (Fsp3) is 0.650. The van der Waals surface area contributed by atoms with Gasteiger partial charge in [-0.25, -0.2) is 0 Å². The fourth-order valence-electron chi connectivity index (χ4n) is 3.62. The first kappa shape index (κ1) is 24.7. The molecule has 0 aliphatic carbocycles. The topological polar surface area (TPSA) is 67.4 Å². The molecule has 3 rings (SSSR count). The Bertz CT molecular complexity index is 728. The summed E-state index contributed by atoms with van der Waals surface area (Å²) < 4.78 is 40.8. The van der Waals surface area contributed by atoms with Crippen LogP contribution in [0.4, 0.5) is 8.78 Å². The fourth-order valence-corrected chi connectivity index (χ4v) is 3.62. The largest absolute Gasteiger partial charge is 0.454 e. The maximum atomic E-state index is 12.8. The van der Waals surface area contributed by atoms with E-state index >= 15 is 0 Å². The molecule has 0 unspecified atom stereocenters. The van der Waals surface area contributed by atoms with Crippen LogP contribution in [0.2, 0.25) is 0 Å². The summed E-state index contributed by atoms with van der Waals surface area (Å²) >= 11 is 0. The molecule has 0 spiro atoms. The number of rotatable bonds is 7. The van der Waals surface area contributed by atoms with Gasteiger partial charge in [-0.05, 0) is 45.8 Å². The zero-order valence-electron chi connectivity index (χ0n) is 17.7. The van der Waals surface area contributed by atoms with E-state index < -0.39 is 6.61 Å². The summed E-state index contributed by atoms with van der Waals surface area (Å²) in [4.78, 5) is 6.73. The van der Waals surface area contributed by atoms with E-state index in [0.29, 0.717) is 29.6 Å². The highest BCUT2D eigenvalue weighted by molar-refractivity contribution is 14.0. The number of nitrogens with zero attached hydrogens (tertiary/aromatic N) is 2. The Balaban J connectivity index is 0.00000320. The summed E-state index contributed by atoms with van der Waals surface area (Å²) in [6.45, 7) is 4.75. The molecule has 1 aromatic carbocycles. The molecule has 0 atom stereocenters. The Morgan fingerprint density at radius 1 is 1.17 bits per heavy atom. The minimum Gasteiger partial charge on any atom is -0.454 e. The molecular formula is C20H31F2IN4O3. The number of aliphatic imine (C=N–C) groups is 1. The zero-order valence-corrected chi connectivity index (χ0v) is 20.0. The van der Waals surface area contributed by atoms with Crippen molar-refractivity contribution in [3.8, 4) is 17.2 Å². The first-order valence-electron chi connectivity index (χ1n) is 9.96. The van der Waals surface area contributed by atoms with Gasteiger partial charge in [0.05, 0.1) is 0 Å². The van der Waals surface area contributed by atoms with Gasteiger partial charge in [-0.15, -0.1) is 24.0 Å². The van der Waals surface area contributed by atoms with Gasteiger partial charge in [-0.3, -0.25) is 9.89 Å². The van der Waals surface area contributed by atoms with Crippen LogP contribution in [0.15, 0.2) is 17.1 Å². The van der Waals surface area contributed by atoms with Crippen molar-refractivity contribution in [1.29, 1.82) is 0 Å². The number of ether oxygens (including phenoxy) is 3. The standard InChI is InChI=1S/C20H30F2N4O3.HI/c1-20(2,26-7-5-4-6-8-26)12-25-19(23-3)24-11-14-9-16-17(28-13-27-16)10-15(14)29-18(21)22;/h9-10,18H,4-8,11-13H2,1-3H3,(H2,23,24,25);1H. The maximum absolute atomic E-state index is 12.8. The van der Waals surface area contributed by atoms with Crippen LogP contribution in [0.5, 0.6) is 17.2 Å². The van der Waals surface area contributed by atoms with Crippen molar-refractivity contribution < 1.29 is 23.0 Å². The summed E-state index contributed by atoms with van der Waals surface area (Å²) in [5.74, 6) is 1.56. The zero-order chi connectivity index (χ0) is 20.9. The van der Waals surface area contributed by atoms with Crippen LogP contribution in [0, 0.1) is 0 Å². The van der Waals surface area contributed by atoms with E-state index in [-0.39, 0.29) is 48.6 Å². The van der Waals surface area contributed by atoms with Crippen LogP contribution in [-0.4, -0.2) is 56.5 Å². The lowest BCUT2D eigenvalue weighted by atomic mass is 9.98. The Kier molecular flexibility index (Phi) is 9.20. The molecule has 1 saturated heterocycles. The van der Waals surface area contributed by atoms with E-state index in [2.05, 4.69) is 39.1 Å². The maximum Gasteiger partial charge on any atom is 0.387 e. The van der Waals surface area contributed by atoms with E-state index in [9.17, 15) is 8.78 Å². The van der Waals surface area contributed by atoms with Crippen molar-refractivity contribution in [2.24, 2.45) is 4.99 Å². The van der Waals surface area contributed by atoms with E-state index in [0.717, 1.165) is 13.1 Å². The van der Waals surface area contributed by atoms with Gasteiger partial charge in [0.2, 0.25) is 6.79 Å². The molecule has 0 amide bonds. The van der Waals surface area contributed by atoms with Crippen molar-refractivity contribution in [2.75, 3.05) is 33.5 Å². The van der Waals surface area contributed by atoms with Crippen LogP contribution in [-0.2, 0) is 6.54 Å². The Hall–Kier alpha value is -1.56. The first-order chi connectivity index (χ1) is 13.9. The lowest BCUT2D eigenvalue weighted by Crippen LogP contribution is -2.54. The first-order valence-corrected chi connectivity index (χ1v) is 9.96. The van der Waals surface area contributed by atoms with E-state index in [4.69, 9.17) is 9.47 Å². The molecular weight excluding hydrogens is 509 g/mol. The number of nitrogens with one attached hydrogen (secondary N) is 2. The van der Waals surface area contributed by atoms with Gasteiger partial charge in [0.1, 0.15) is 5.75 Å². The third kappa shape index (κ3) is 6.47. The predicted molar refractivity (Wildman–Crippen MR) is 122 cm³/mol. The van der Waals surface area contributed by atoms with Gasteiger partial charge in [0, 0.05) is 37.3 Å². The molecule has 2 aliphatic rings. The average molecular weight is 540 g/mol. The predicted octanol–water partition coefficient (Wildman–Crippen LogP) is 3.56. The molecule has 0 saturated carbocycles. The number of benzene rings is 1. The summed E-state index contributed by atoms with van der Waals surface area (Å²) in [7, 11) is 1.68. The molecule has 170 valence electrons. The minimum absolute atomic E-state index is 0. The third-order valence-electron chi connectivity index (χ3n) is 5.34. The number of fused-ring (bicyclic) bond motifs is 1. The molecule has 2 heterocycles. The number of hydrogen-bond donors (Lipinski definition) is 2. The Morgan fingerprint density at radius 2 is 1.83 bits per heavy atom. The molecule has 2 N–H and O–H groups in total. The summed E-state index contributed by atoms with van der Waals surface area (Å²) in [5, 5.41) is 6.51. The van der Waals surface area contributed by atoms with Crippen molar-refractivity contribution in [1.82, 2.24) is 15.5 Å².